The number of H-pyrrole nitrogens is 1. The molecule has 2 N–H and O–H groups in total. The Morgan fingerprint density at radius 1 is 1.24 bits per heavy atom. The molecule has 0 atom stereocenters. The van der Waals surface area contributed by atoms with Crippen LogP contribution in [-0.4, -0.2) is 49.2 Å². The minimum atomic E-state index is -3.57. The molecule has 0 unspecified atom stereocenters. The standard InChI is InChI=1S/C20H24N4O4S/c1-12-13(2)23-24-20(12)22-16-4-7-21-17-11-18(27-3)19(10-15(16)17)29(25,26)14-5-8-28-9-6-14/h4,7,10-11,14H,5-6,8-9H2,1-3H3,(H2,21,22,23,24). The van der Waals surface area contributed by atoms with E-state index in [1.54, 1.807) is 18.3 Å². The molecule has 9 heteroatoms. The molecule has 1 aliphatic heterocycles. The van der Waals surface area contributed by atoms with Crippen molar-refractivity contribution in [3.8, 4) is 5.75 Å². The molecule has 0 amide bonds. The average Bonchev–Trinajstić information content (AvgIpc) is 3.05. The van der Waals surface area contributed by atoms with E-state index in [2.05, 4.69) is 20.5 Å². The van der Waals surface area contributed by atoms with E-state index in [-0.39, 0.29) is 4.90 Å². The average molecular weight is 417 g/mol. The van der Waals surface area contributed by atoms with E-state index in [4.69, 9.17) is 9.47 Å². The van der Waals surface area contributed by atoms with Crippen LogP contribution in [0, 0.1) is 13.8 Å². The molecule has 4 rings (SSSR count). The number of aryl methyl sites for hydroxylation is 1. The van der Waals surface area contributed by atoms with Gasteiger partial charge in [-0.05, 0) is 38.8 Å². The highest BCUT2D eigenvalue weighted by Crippen LogP contribution is 2.36. The topological polar surface area (TPSA) is 106 Å². The van der Waals surface area contributed by atoms with Crippen molar-refractivity contribution >= 4 is 32.2 Å². The molecule has 3 aromatic rings. The van der Waals surface area contributed by atoms with Crippen LogP contribution in [0.15, 0.2) is 29.3 Å². The Kier molecular flexibility index (Phi) is 5.18. The maximum atomic E-state index is 13.3. The number of rotatable bonds is 5. The molecule has 2 aromatic heterocycles. The predicted molar refractivity (Wildman–Crippen MR) is 111 cm³/mol. The van der Waals surface area contributed by atoms with Crippen LogP contribution >= 0.6 is 0 Å². The Bertz CT molecular complexity index is 1150. The summed E-state index contributed by atoms with van der Waals surface area (Å²) in [5.74, 6) is 1.00. The van der Waals surface area contributed by atoms with Gasteiger partial charge in [0.1, 0.15) is 10.6 Å². The number of hydrogen-bond acceptors (Lipinski definition) is 7. The number of ether oxygens (including phenoxy) is 2. The van der Waals surface area contributed by atoms with Gasteiger partial charge in [0.15, 0.2) is 15.7 Å². The maximum Gasteiger partial charge on any atom is 0.185 e. The number of anilines is 2. The van der Waals surface area contributed by atoms with Gasteiger partial charge in [-0.25, -0.2) is 8.42 Å². The summed E-state index contributed by atoms with van der Waals surface area (Å²) < 4.78 is 37.4. The molecule has 1 aliphatic rings. The second kappa shape index (κ2) is 7.64. The van der Waals surface area contributed by atoms with Crippen molar-refractivity contribution < 1.29 is 17.9 Å². The van der Waals surface area contributed by atoms with Crippen LogP contribution in [0.4, 0.5) is 11.5 Å². The van der Waals surface area contributed by atoms with Gasteiger partial charge in [0.2, 0.25) is 0 Å². The first-order valence-corrected chi connectivity index (χ1v) is 11.0. The third-order valence-electron chi connectivity index (χ3n) is 5.45. The van der Waals surface area contributed by atoms with Crippen molar-refractivity contribution in [1.29, 1.82) is 0 Å². The monoisotopic (exact) mass is 416 g/mol. The highest BCUT2D eigenvalue weighted by Gasteiger charge is 2.32. The number of hydrogen-bond donors (Lipinski definition) is 2. The van der Waals surface area contributed by atoms with Crippen LogP contribution < -0.4 is 10.1 Å². The normalized spacial score (nSPS) is 15.6. The van der Waals surface area contributed by atoms with Crippen LogP contribution in [0.3, 0.4) is 0 Å². The second-order valence-corrected chi connectivity index (χ2v) is 9.38. The summed E-state index contributed by atoms with van der Waals surface area (Å²) >= 11 is 0. The molecule has 0 saturated carbocycles. The van der Waals surface area contributed by atoms with Gasteiger partial charge in [-0.15, -0.1) is 0 Å². The van der Waals surface area contributed by atoms with Crippen molar-refractivity contribution in [2.45, 2.75) is 36.8 Å². The van der Waals surface area contributed by atoms with E-state index >= 15 is 0 Å². The summed E-state index contributed by atoms with van der Waals surface area (Å²) in [6, 6.07) is 5.14. The molecule has 1 aromatic carbocycles. The zero-order valence-corrected chi connectivity index (χ0v) is 17.5. The number of aromatic nitrogens is 3. The van der Waals surface area contributed by atoms with Crippen molar-refractivity contribution in [2.75, 3.05) is 25.6 Å². The van der Waals surface area contributed by atoms with E-state index in [0.29, 0.717) is 48.5 Å². The Hall–Kier alpha value is -2.65. The molecule has 0 spiro atoms. The van der Waals surface area contributed by atoms with Crippen LogP contribution in [0.1, 0.15) is 24.1 Å². The SMILES string of the molecule is COc1cc2nccc(Nc3n[nH]c(C)c3C)c2cc1S(=O)(=O)C1CCOCC1. The molecular weight excluding hydrogens is 392 g/mol. The van der Waals surface area contributed by atoms with Crippen molar-refractivity contribution in [3.63, 3.8) is 0 Å². The van der Waals surface area contributed by atoms with Gasteiger partial charge in [-0.2, -0.15) is 5.10 Å². The molecular formula is C20H24N4O4S. The van der Waals surface area contributed by atoms with E-state index in [1.807, 2.05) is 19.9 Å². The smallest absolute Gasteiger partial charge is 0.185 e. The minimum Gasteiger partial charge on any atom is -0.495 e. The number of fused-ring (bicyclic) bond motifs is 1. The molecule has 0 radical (unpaired) electrons. The van der Waals surface area contributed by atoms with Crippen molar-refractivity contribution in [3.05, 3.63) is 35.7 Å². The number of nitrogens with one attached hydrogen (secondary N) is 2. The summed E-state index contributed by atoms with van der Waals surface area (Å²) in [5.41, 5.74) is 3.34. The Balaban J connectivity index is 1.84. The van der Waals surface area contributed by atoms with Gasteiger partial charge < -0.3 is 14.8 Å². The molecule has 0 aliphatic carbocycles. The summed E-state index contributed by atoms with van der Waals surface area (Å²) in [6.07, 6.45) is 2.63. The molecule has 154 valence electrons. The number of pyridine rings is 1. The zero-order chi connectivity index (χ0) is 20.6. The number of methoxy groups -OCH3 is 1. The third kappa shape index (κ3) is 3.56. The second-order valence-electron chi connectivity index (χ2n) is 7.18. The first-order valence-electron chi connectivity index (χ1n) is 9.49. The first kappa shape index (κ1) is 19.7. The van der Waals surface area contributed by atoms with Gasteiger partial charge in [-0.1, -0.05) is 0 Å². The first-order chi connectivity index (χ1) is 13.9. The van der Waals surface area contributed by atoms with E-state index in [0.717, 1.165) is 16.9 Å². The third-order valence-corrected chi connectivity index (χ3v) is 7.73. The lowest BCUT2D eigenvalue weighted by atomic mass is 10.1. The fourth-order valence-electron chi connectivity index (χ4n) is 3.54. The van der Waals surface area contributed by atoms with E-state index in [1.165, 1.54) is 7.11 Å². The van der Waals surface area contributed by atoms with Crippen LogP contribution in [0.5, 0.6) is 5.75 Å². The summed E-state index contributed by atoms with van der Waals surface area (Å²) in [4.78, 5) is 4.58. The lowest BCUT2D eigenvalue weighted by Gasteiger charge is -2.23. The van der Waals surface area contributed by atoms with E-state index in [9.17, 15) is 8.42 Å². The Morgan fingerprint density at radius 3 is 2.66 bits per heavy atom. The van der Waals surface area contributed by atoms with Crippen LogP contribution in [0.25, 0.3) is 10.9 Å². The van der Waals surface area contributed by atoms with E-state index < -0.39 is 15.1 Å². The molecule has 0 bridgehead atoms. The largest absolute Gasteiger partial charge is 0.495 e. The fourth-order valence-corrected chi connectivity index (χ4v) is 5.42. The highest BCUT2D eigenvalue weighted by atomic mass is 32.2. The van der Waals surface area contributed by atoms with Gasteiger partial charge >= 0.3 is 0 Å². The quantitative estimate of drug-likeness (QED) is 0.657. The molecule has 3 heterocycles. The Morgan fingerprint density at radius 2 is 2.00 bits per heavy atom. The molecule has 29 heavy (non-hydrogen) atoms. The highest BCUT2D eigenvalue weighted by molar-refractivity contribution is 7.92. The zero-order valence-electron chi connectivity index (χ0n) is 16.7. The number of sulfone groups is 1. The summed E-state index contributed by atoms with van der Waals surface area (Å²) in [5, 5.41) is 10.7. The molecule has 1 saturated heterocycles. The van der Waals surface area contributed by atoms with Crippen molar-refractivity contribution in [1.82, 2.24) is 15.2 Å². The molecule has 8 nitrogen and oxygen atoms in total. The van der Waals surface area contributed by atoms with Crippen LogP contribution in [0.2, 0.25) is 0 Å². The predicted octanol–water partition coefficient (Wildman–Crippen LogP) is 3.28. The van der Waals surface area contributed by atoms with Gasteiger partial charge in [-0.3, -0.25) is 10.1 Å². The lowest BCUT2D eigenvalue weighted by molar-refractivity contribution is 0.0983. The number of benzene rings is 1. The van der Waals surface area contributed by atoms with Crippen molar-refractivity contribution in [2.24, 2.45) is 0 Å². The van der Waals surface area contributed by atoms with Gasteiger partial charge in [0, 0.05) is 42.1 Å². The van der Waals surface area contributed by atoms with Gasteiger partial charge in [0.05, 0.1) is 23.6 Å². The number of nitrogens with zero attached hydrogens (tertiary/aromatic N) is 2. The van der Waals surface area contributed by atoms with Crippen LogP contribution in [-0.2, 0) is 14.6 Å². The summed E-state index contributed by atoms with van der Waals surface area (Å²) in [7, 11) is -2.10. The molecule has 1 fully saturated rings. The summed E-state index contributed by atoms with van der Waals surface area (Å²) in [6.45, 7) is 4.81. The number of aromatic amines is 1. The minimum absolute atomic E-state index is 0.186. The Labute approximate surface area is 169 Å². The maximum absolute atomic E-state index is 13.3. The van der Waals surface area contributed by atoms with Gasteiger partial charge in [0.25, 0.3) is 0 Å². The lowest BCUT2D eigenvalue weighted by Crippen LogP contribution is -2.29. The fraction of sp³-hybridized carbons (Fsp3) is 0.400.